The highest BCUT2D eigenvalue weighted by atomic mass is 16.7. The van der Waals surface area contributed by atoms with Gasteiger partial charge in [0.25, 0.3) is 11.8 Å². The number of rotatable bonds is 2. The second kappa shape index (κ2) is 12.4. The summed E-state index contributed by atoms with van der Waals surface area (Å²) in [7, 11) is 5.38. The summed E-state index contributed by atoms with van der Waals surface area (Å²) in [5.41, 5.74) is 1.15. The Morgan fingerprint density at radius 3 is 1.49 bits per heavy atom. The molecule has 224 valence electrons. The molecule has 15 nitrogen and oxygen atoms in total. The first-order chi connectivity index (χ1) is 20.4. The van der Waals surface area contributed by atoms with Crippen LogP contribution in [0.25, 0.3) is 6.08 Å². The van der Waals surface area contributed by atoms with E-state index in [-0.39, 0.29) is 25.6 Å². The molecule has 0 aromatic heterocycles. The topological polar surface area (TPSA) is 169 Å². The van der Waals surface area contributed by atoms with Crippen LogP contribution in [0.5, 0.6) is 23.0 Å². The lowest BCUT2D eigenvalue weighted by molar-refractivity contribution is -0.141. The number of fused-ring (bicyclic) bond motifs is 2. The average Bonchev–Trinajstić information content (AvgIpc) is 3.68. The Morgan fingerprint density at radius 1 is 0.581 bits per heavy atom. The predicted molar refractivity (Wildman–Crippen MR) is 145 cm³/mol. The number of imide groups is 4. The van der Waals surface area contributed by atoms with Crippen molar-refractivity contribution < 1.29 is 52.5 Å². The number of carbonyl (C=O) groups excluding carboxylic acids is 7. The van der Waals surface area contributed by atoms with Gasteiger partial charge in [0.2, 0.25) is 25.4 Å². The van der Waals surface area contributed by atoms with E-state index in [2.05, 4.69) is 0 Å². The van der Waals surface area contributed by atoms with Gasteiger partial charge in [0.05, 0.1) is 0 Å². The van der Waals surface area contributed by atoms with E-state index in [9.17, 15) is 33.6 Å². The van der Waals surface area contributed by atoms with Crippen LogP contribution in [-0.4, -0.2) is 103 Å². The molecule has 0 atom stereocenters. The maximum Gasteiger partial charge on any atom is 0.333 e. The Labute approximate surface area is 244 Å². The number of likely N-dealkylation sites (N-methyl/N-ethyl adjacent to an activating group) is 2. The highest BCUT2D eigenvalue weighted by molar-refractivity contribution is 6.30. The lowest BCUT2D eigenvalue weighted by Gasteiger charge is -2.28. The van der Waals surface area contributed by atoms with Crippen molar-refractivity contribution in [1.82, 2.24) is 19.6 Å². The molecule has 0 saturated carbocycles. The van der Waals surface area contributed by atoms with Crippen molar-refractivity contribution in [2.75, 3.05) is 41.8 Å². The van der Waals surface area contributed by atoms with Crippen LogP contribution in [0.15, 0.2) is 42.0 Å². The lowest BCUT2D eigenvalue weighted by atomic mass is 10.1. The minimum Gasteiger partial charge on any atom is -0.454 e. The number of benzene rings is 2. The van der Waals surface area contributed by atoms with E-state index in [1.54, 1.807) is 36.4 Å². The number of carbonyl (C=O) groups is 7. The molecule has 4 aliphatic rings. The van der Waals surface area contributed by atoms with Gasteiger partial charge in [0.1, 0.15) is 18.3 Å². The van der Waals surface area contributed by atoms with Gasteiger partial charge >= 0.3 is 12.1 Å². The Kier molecular flexibility index (Phi) is 8.73. The zero-order chi connectivity index (χ0) is 31.4. The molecule has 0 aliphatic carbocycles. The second-order valence-corrected chi connectivity index (χ2v) is 9.28. The largest absolute Gasteiger partial charge is 0.454 e. The normalized spacial score (nSPS) is 17.0. The Balaban J connectivity index is 0.000000162. The van der Waals surface area contributed by atoms with E-state index in [1.807, 2.05) is 0 Å². The number of barbiturate groups is 2. The van der Waals surface area contributed by atoms with Crippen molar-refractivity contribution in [2.45, 2.75) is 6.42 Å². The monoisotopic (exact) mass is 594 g/mol. The molecule has 0 spiro atoms. The fraction of sp³-hybridized carbons (Fsp3) is 0.250. The molecule has 2 aromatic rings. The van der Waals surface area contributed by atoms with Crippen LogP contribution in [-0.2, 0) is 19.2 Å². The molecule has 2 saturated heterocycles. The van der Waals surface area contributed by atoms with Crippen molar-refractivity contribution in [1.29, 1.82) is 0 Å². The summed E-state index contributed by atoms with van der Waals surface area (Å²) >= 11 is 0. The minimum absolute atomic E-state index is 0.0709. The van der Waals surface area contributed by atoms with Gasteiger partial charge in [-0.15, -0.1) is 0 Å². The standard InChI is InChI=1S/C14H12N2O5.C8H6O3.C6H8N2O3/c1-15-12(17)9(13(18)16(2)14(15)19)5-8-3-4-10-11(6-8)21-7-20-10;9-4-6-1-2-7-8(3-6)11-5-10-7;1-7-4(9)3-5(10)8(2)6(7)11/h3-6H,7H2,1-2H3;1-4H,5H2;3H2,1-2H3. The van der Waals surface area contributed by atoms with Crippen LogP contribution in [0.1, 0.15) is 22.3 Å². The molecule has 8 amide bonds. The van der Waals surface area contributed by atoms with E-state index < -0.39 is 35.7 Å². The molecule has 4 heterocycles. The van der Waals surface area contributed by atoms with E-state index in [1.165, 1.54) is 34.3 Å². The third-order valence-electron chi connectivity index (χ3n) is 6.51. The quantitative estimate of drug-likeness (QED) is 0.214. The highest BCUT2D eigenvalue weighted by Crippen LogP contribution is 2.34. The van der Waals surface area contributed by atoms with E-state index in [0.29, 0.717) is 34.1 Å². The Morgan fingerprint density at radius 2 is 1.00 bits per heavy atom. The third kappa shape index (κ3) is 6.29. The first-order valence-electron chi connectivity index (χ1n) is 12.6. The minimum atomic E-state index is -0.646. The summed E-state index contributed by atoms with van der Waals surface area (Å²) in [6, 6.07) is 8.95. The van der Waals surface area contributed by atoms with Crippen LogP contribution in [0.3, 0.4) is 0 Å². The van der Waals surface area contributed by atoms with Gasteiger partial charge < -0.3 is 18.9 Å². The molecular weight excluding hydrogens is 568 g/mol. The van der Waals surface area contributed by atoms with E-state index >= 15 is 0 Å². The molecule has 43 heavy (non-hydrogen) atoms. The highest BCUT2D eigenvalue weighted by Gasteiger charge is 2.38. The fourth-order valence-corrected chi connectivity index (χ4v) is 3.94. The van der Waals surface area contributed by atoms with E-state index in [0.717, 1.165) is 25.9 Å². The number of urea groups is 2. The van der Waals surface area contributed by atoms with Crippen molar-refractivity contribution in [3.63, 3.8) is 0 Å². The molecular formula is C28H26N4O11. The van der Waals surface area contributed by atoms with Gasteiger partial charge in [-0.1, -0.05) is 6.07 Å². The van der Waals surface area contributed by atoms with Gasteiger partial charge in [0, 0.05) is 33.8 Å². The maximum absolute atomic E-state index is 12.1. The molecule has 2 aromatic carbocycles. The summed E-state index contributed by atoms with van der Waals surface area (Å²) in [5, 5.41) is 0. The van der Waals surface area contributed by atoms with Gasteiger partial charge in [-0.2, -0.15) is 0 Å². The van der Waals surface area contributed by atoms with Gasteiger partial charge in [-0.05, 0) is 42.0 Å². The van der Waals surface area contributed by atoms with Gasteiger partial charge in [-0.3, -0.25) is 43.6 Å². The SMILES string of the molecule is CN1C(=O)C(=Cc2ccc3c(c2)OCO3)C(=O)N(C)C1=O.CN1C(=O)CC(=O)N(C)C1=O.O=Cc1ccc2c(c1)OCO2. The lowest BCUT2D eigenvalue weighted by Crippen LogP contribution is -2.52. The predicted octanol–water partition coefficient (Wildman–Crippen LogP) is 1.50. The molecule has 2 fully saturated rings. The van der Waals surface area contributed by atoms with Crippen LogP contribution in [0, 0.1) is 0 Å². The van der Waals surface area contributed by atoms with E-state index in [4.69, 9.17) is 18.9 Å². The molecule has 15 heteroatoms. The van der Waals surface area contributed by atoms with Crippen molar-refractivity contribution >= 4 is 48.1 Å². The second-order valence-electron chi connectivity index (χ2n) is 9.28. The Hall–Kier alpha value is -5.73. The van der Waals surface area contributed by atoms with Crippen molar-refractivity contribution in [3.8, 4) is 23.0 Å². The summed E-state index contributed by atoms with van der Waals surface area (Å²) in [6.45, 7) is 0.394. The third-order valence-corrected chi connectivity index (χ3v) is 6.51. The average molecular weight is 595 g/mol. The van der Waals surface area contributed by atoms with Crippen LogP contribution in [0.2, 0.25) is 0 Å². The first-order valence-corrected chi connectivity index (χ1v) is 12.6. The molecule has 0 unspecified atom stereocenters. The maximum atomic E-state index is 12.1. The summed E-state index contributed by atoms with van der Waals surface area (Å²) in [6.07, 6.45) is 2.01. The number of aldehydes is 1. The molecule has 6 rings (SSSR count). The zero-order valence-electron chi connectivity index (χ0n) is 23.5. The van der Waals surface area contributed by atoms with Crippen molar-refractivity contribution in [3.05, 3.63) is 53.1 Å². The zero-order valence-corrected chi connectivity index (χ0v) is 23.5. The molecule has 0 N–H and O–H groups in total. The van der Waals surface area contributed by atoms with Crippen LogP contribution in [0.4, 0.5) is 9.59 Å². The number of nitrogens with zero attached hydrogens (tertiary/aromatic N) is 4. The Bertz CT molecular complexity index is 1520. The van der Waals surface area contributed by atoms with Crippen LogP contribution >= 0.6 is 0 Å². The van der Waals surface area contributed by atoms with Crippen molar-refractivity contribution in [2.24, 2.45) is 0 Å². The summed E-state index contributed by atoms with van der Waals surface area (Å²) in [4.78, 5) is 82.3. The molecule has 4 aliphatic heterocycles. The number of hydrogen-bond acceptors (Lipinski definition) is 11. The molecule has 0 radical (unpaired) electrons. The van der Waals surface area contributed by atoms with Crippen LogP contribution < -0.4 is 18.9 Å². The number of amides is 8. The summed E-state index contributed by atoms with van der Waals surface area (Å²) < 4.78 is 20.6. The van der Waals surface area contributed by atoms with Gasteiger partial charge in [-0.25, -0.2) is 9.59 Å². The first kappa shape index (κ1) is 30.2. The van der Waals surface area contributed by atoms with Gasteiger partial charge in [0.15, 0.2) is 23.0 Å². The fourth-order valence-electron chi connectivity index (χ4n) is 3.94. The smallest absolute Gasteiger partial charge is 0.333 e. The molecule has 0 bridgehead atoms. The summed E-state index contributed by atoms with van der Waals surface area (Å²) in [5.74, 6) is 0.378. The number of hydrogen-bond donors (Lipinski definition) is 0. The number of ether oxygens (including phenoxy) is 4.